The Bertz CT molecular complexity index is 685. The molecule has 3 aliphatic carbocycles. The van der Waals surface area contributed by atoms with E-state index in [-0.39, 0.29) is 16.4 Å². The van der Waals surface area contributed by atoms with E-state index in [1.165, 1.54) is 44.4 Å². The summed E-state index contributed by atoms with van der Waals surface area (Å²) >= 11 is 3.12. The van der Waals surface area contributed by atoms with E-state index in [0.29, 0.717) is 11.5 Å². The third kappa shape index (κ3) is 2.67. The molecule has 23 heavy (non-hydrogen) atoms. The van der Waals surface area contributed by atoms with E-state index in [9.17, 15) is 9.59 Å². The van der Waals surface area contributed by atoms with E-state index in [2.05, 4.69) is 28.2 Å². The molecule has 4 rings (SSSR count). The minimum Gasteiger partial charge on any atom is -0.430 e. The van der Waals surface area contributed by atoms with Crippen molar-refractivity contribution >= 4 is 21.8 Å². The van der Waals surface area contributed by atoms with Crippen molar-refractivity contribution in [3.8, 4) is 0 Å². The standard InChI is InChI=1S/C18H22BrNO3/c1-9(20-17(21)13-7-15(19)18(22)23-8-13)16-12-3-2-11-4-10(5-12)6-14(11)16/h7-12,14,16H,2-6H2,1H3,(H,20,21). The van der Waals surface area contributed by atoms with Crippen molar-refractivity contribution in [3.05, 3.63) is 32.8 Å². The quantitative estimate of drug-likeness (QED) is 0.872. The van der Waals surface area contributed by atoms with Gasteiger partial charge in [-0.15, -0.1) is 0 Å². The highest BCUT2D eigenvalue weighted by Crippen LogP contribution is 2.58. The molecule has 1 heterocycles. The van der Waals surface area contributed by atoms with Crippen LogP contribution in [0.2, 0.25) is 0 Å². The third-order valence-corrected chi connectivity index (χ3v) is 6.95. The Kier molecular flexibility index (Phi) is 3.87. The number of hydrogen-bond donors (Lipinski definition) is 1. The Morgan fingerprint density at radius 1 is 1.30 bits per heavy atom. The number of carbonyl (C=O) groups excluding carboxylic acids is 1. The first-order valence-electron chi connectivity index (χ1n) is 8.62. The molecule has 124 valence electrons. The Hall–Kier alpha value is -1.10. The summed E-state index contributed by atoms with van der Waals surface area (Å²) < 4.78 is 5.16. The largest absolute Gasteiger partial charge is 0.430 e. The number of amides is 1. The molecule has 0 aliphatic heterocycles. The SMILES string of the molecule is CC(NC(=O)c1coc(=O)c(Br)c1)C1C2CCC3CC(C2)CC31. The first-order valence-corrected chi connectivity index (χ1v) is 9.41. The van der Waals surface area contributed by atoms with Gasteiger partial charge in [0.1, 0.15) is 10.7 Å². The molecule has 0 radical (unpaired) electrons. The minimum atomic E-state index is -0.462. The zero-order valence-corrected chi connectivity index (χ0v) is 14.8. The molecule has 5 heteroatoms. The highest BCUT2D eigenvalue weighted by molar-refractivity contribution is 9.10. The monoisotopic (exact) mass is 379 g/mol. The van der Waals surface area contributed by atoms with E-state index in [1.807, 2.05) is 0 Å². The molecule has 1 N–H and O–H groups in total. The summed E-state index contributed by atoms with van der Waals surface area (Å²) in [6.45, 7) is 2.14. The van der Waals surface area contributed by atoms with E-state index in [0.717, 1.165) is 23.7 Å². The molecular formula is C18H22BrNO3. The summed E-state index contributed by atoms with van der Waals surface area (Å²) in [5.41, 5.74) is -0.0650. The molecule has 3 aliphatic rings. The fourth-order valence-corrected chi connectivity index (χ4v) is 5.97. The summed E-state index contributed by atoms with van der Waals surface area (Å²) in [6.07, 6.45) is 8.08. The summed E-state index contributed by atoms with van der Waals surface area (Å²) in [5.74, 6) is 3.84. The Labute approximate surface area is 144 Å². The summed E-state index contributed by atoms with van der Waals surface area (Å²) in [6, 6.07) is 1.71. The fourth-order valence-electron chi connectivity index (χ4n) is 5.63. The maximum atomic E-state index is 12.5. The molecular weight excluding hydrogens is 358 g/mol. The predicted molar refractivity (Wildman–Crippen MR) is 90.1 cm³/mol. The highest BCUT2D eigenvalue weighted by Gasteiger charge is 2.51. The second-order valence-electron chi connectivity index (χ2n) is 7.64. The van der Waals surface area contributed by atoms with Gasteiger partial charge in [0.2, 0.25) is 0 Å². The molecule has 3 saturated carbocycles. The van der Waals surface area contributed by atoms with Crippen LogP contribution in [0.4, 0.5) is 0 Å². The van der Waals surface area contributed by atoms with Crippen LogP contribution in [0.1, 0.15) is 49.4 Å². The summed E-state index contributed by atoms with van der Waals surface area (Å²) in [7, 11) is 0. The first-order chi connectivity index (χ1) is 11.0. The molecule has 1 aromatic heterocycles. The minimum absolute atomic E-state index is 0.155. The maximum absolute atomic E-state index is 12.5. The van der Waals surface area contributed by atoms with Gasteiger partial charge in [-0.25, -0.2) is 4.79 Å². The van der Waals surface area contributed by atoms with E-state index in [1.54, 1.807) is 0 Å². The lowest BCUT2D eigenvalue weighted by atomic mass is 9.62. The van der Waals surface area contributed by atoms with Crippen LogP contribution in [0.5, 0.6) is 0 Å². The molecule has 6 unspecified atom stereocenters. The number of nitrogens with one attached hydrogen (secondary N) is 1. The Morgan fingerprint density at radius 3 is 2.83 bits per heavy atom. The lowest BCUT2D eigenvalue weighted by Gasteiger charge is -2.45. The van der Waals surface area contributed by atoms with Crippen LogP contribution in [0, 0.1) is 29.6 Å². The van der Waals surface area contributed by atoms with Crippen molar-refractivity contribution in [2.45, 2.75) is 45.1 Å². The zero-order chi connectivity index (χ0) is 16.1. The first kappa shape index (κ1) is 15.4. The van der Waals surface area contributed by atoms with Gasteiger partial charge in [-0.05, 0) is 90.6 Å². The van der Waals surface area contributed by atoms with Crippen molar-refractivity contribution in [2.24, 2.45) is 29.6 Å². The lowest BCUT2D eigenvalue weighted by Crippen LogP contribution is -2.48. The van der Waals surface area contributed by atoms with Crippen molar-refractivity contribution in [1.82, 2.24) is 5.32 Å². The number of fused-ring (bicyclic) bond motifs is 2. The summed E-state index contributed by atoms with van der Waals surface area (Å²) in [5, 5.41) is 3.16. The van der Waals surface area contributed by atoms with Crippen molar-refractivity contribution in [2.75, 3.05) is 0 Å². The topological polar surface area (TPSA) is 59.3 Å². The van der Waals surface area contributed by atoms with Gasteiger partial charge in [0.15, 0.2) is 0 Å². The van der Waals surface area contributed by atoms with Crippen LogP contribution >= 0.6 is 15.9 Å². The van der Waals surface area contributed by atoms with Gasteiger partial charge in [-0.3, -0.25) is 4.79 Å². The summed E-state index contributed by atoms with van der Waals surface area (Å²) in [4.78, 5) is 23.8. The van der Waals surface area contributed by atoms with Crippen LogP contribution in [0.15, 0.2) is 26.0 Å². The maximum Gasteiger partial charge on any atom is 0.350 e. The van der Waals surface area contributed by atoms with Crippen molar-refractivity contribution < 1.29 is 9.21 Å². The van der Waals surface area contributed by atoms with Gasteiger partial charge in [0.25, 0.3) is 5.91 Å². The van der Waals surface area contributed by atoms with Gasteiger partial charge in [0.05, 0.1) is 5.56 Å². The van der Waals surface area contributed by atoms with E-state index in [4.69, 9.17) is 4.42 Å². The molecule has 3 bridgehead atoms. The molecule has 0 saturated heterocycles. The molecule has 4 nitrogen and oxygen atoms in total. The zero-order valence-electron chi connectivity index (χ0n) is 13.3. The molecule has 0 spiro atoms. The normalized spacial score (nSPS) is 36.0. The van der Waals surface area contributed by atoms with Crippen molar-refractivity contribution in [3.63, 3.8) is 0 Å². The number of hydrogen-bond acceptors (Lipinski definition) is 3. The average molecular weight is 380 g/mol. The van der Waals surface area contributed by atoms with Gasteiger partial charge in [0, 0.05) is 6.04 Å². The van der Waals surface area contributed by atoms with E-state index >= 15 is 0 Å². The second-order valence-corrected chi connectivity index (χ2v) is 8.50. The second kappa shape index (κ2) is 5.76. The fraction of sp³-hybridized carbons (Fsp3) is 0.667. The van der Waals surface area contributed by atoms with Crippen LogP contribution in [-0.2, 0) is 0 Å². The smallest absolute Gasteiger partial charge is 0.350 e. The number of halogens is 1. The van der Waals surface area contributed by atoms with Crippen LogP contribution < -0.4 is 10.9 Å². The molecule has 6 atom stereocenters. The number of carbonyl (C=O) groups is 1. The Morgan fingerprint density at radius 2 is 2.04 bits per heavy atom. The number of rotatable bonds is 3. The van der Waals surface area contributed by atoms with Crippen LogP contribution in [0.25, 0.3) is 0 Å². The molecule has 3 fully saturated rings. The molecule has 0 aromatic carbocycles. The van der Waals surface area contributed by atoms with Crippen LogP contribution in [-0.4, -0.2) is 11.9 Å². The van der Waals surface area contributed by atoms with Crippen molar-refractivity contribution in [1.29, 1.82) is 0 Å². The average Bonchev–Trinajstić information content (AvgIpc) is 2.72. The van der Waals surface area contributed by atoms with Crippen LogP contribution in [0.3, 0.4) is 0 Å². The van der Waals surface area contributed by atoms with E-state index < -0.39 is 5.63 Å². The van der Waals surface area contributed by atoms with Gasteiger partial charge < -0.3 is 9.73 Å². The Balaban J connectivity index is 1.49. The molecule has 1 aromatic rings. The predicted octanol–water partition coefficient (Wildman–Crippen LogP) is 3.59. The third-order valence-electron chi connectivity index (χ3n) is 6.40. The highest BCUT2D eigenvalue weighted by atomic mass is 79.9. The molecule has 1 amide bonds. The van der Waals surface area contributed by atoms with Gasteiger partial charge >= 0.3 is 5.63 Å². The van der Waals surface area contributed by atoms with Gasteiger partial charge in [-0.2, -0.15) is 0 Å². The van der Waals surface area contributed by atoms with Gasteiger partial charge in [-0.1, -0.05) is 0 Å². The lowest BCUT2D eigenvalue weighted by molar-refractivity contribution is 0.0518.